The lowest BCUT2D eigenvalue weighted by Gasteiger charge is -2.27. The van der Waals surface area contributed by atoms with Gasteiger partial charge in [0.25, 0.3) is 5.88 Å². The van der Waals surface area contributed by atoms with Crippen molar-refractivity contribution in [2.45, 2.75) is 32.8 Å². The van der Waals surface area contributed by atoms with Crippen LogP contribution in [0.15, 0.2) is 6.07 Å². The van der Waals surface area contributed by atoms with Crippen LogP contribution in [-0.2, 0) is 4.74 Å². The second-order valence-electron chi connectivity index (χ2n) is 5.56. The number of ether oxygens (including phenoxy) is 4. The number of nitrogens with zero attached hydrogens (tertiary/aromatic N) is 1. The van der Waals surface area contributed by atoms with Crippen LogP contribution in [0.25, 0.3) is 0 Å². The SMILES string of the molecule is COCCCOc1cc2c(nc1OC)C(=O)C[C@H](C(C)C)O2. The van der Waals surface area contributed by atoms with Gasteiger partial charge in [0.15, 0.2) is 23.0 Å². The summed E-state index contributed by atoms with van der Waals surface area (Å²) in [6, 6.07) is 1.69. The van der Waals surface area contributed by atoms with Crippen LogP contribution < -0.4 is 14.2 Å². The van der Waals surface area contributed by atoms with Gasteiger partial charge in [-0.25, -0.2) is 4.98 Å². The first-order chi connectivity index (χ1) is 10.6. The molecule has 0 amide bonds. The third kappa shape index (κ3) is 3.68. The fraction of sp³-hybridized carbons (Fsp3) is 0.625. The molecule has 1 aliphatic heterocycles. The number of aromatic nitrogens is 1. The highest BCUT2D eigenvalue weighted by Gasteiger charge is 2.31. The van der Waals surface area contributed by atoms with Crippen LogP contribution >= 0.6 is 0 Å². The van der Waals surface area contributed by atoms with E-state index in [1.54, 1.807) is 13.2 Å². The molecule has 0 unspecified atom stereocenters. The van der Waals surface area contributed by atoms with E-state index in [4.69, 9.17) is 18.9 Å². The van der Waals surface area contributed by atoms with Crippen molar-refractivity contribution < 1.29 is 23.7 Å². The molecule has 2 rings (SSSR count). The van der Waals surface area contributed by atoms with Crippen molar-refractivity contribution >= 4 is 5.78 Å². The molecule has 0 aliphatic carbocycles. The van der Waals surface area contributed by atoms with E-state index >= 15 is 0 Å². The highest BCUT2D eigenvalue weighted by molar-refractivity contribution is 5.98. The van der Waals surface area contributed by atoms with Crippen molar-refractivity contribution in [1.82, 2.24) is 4.98 Å². The zero-order valence-corrected chi connectivity index (χ0v) is 13.5. The first kappa shape index (κ1) is 16.5. The summed E-state index contributed by atoms with van der Waals surface area (Å²) < 4.78 is 21.8. The fourth-order valence-corrected chi connectivity index (χ4v) is 2.24. The summed E-state index contributed by atoms with van der Waals surface area (Å²) in [5.41, 5.74) is 0.318. The molecule has 122 valence electrons. The number of hydrogen-bond donors (Lipinski definition) is 0. The van der Waals surface area contributed by atoms with E-state index < -0.39 is 0 Å². The van der Waals surface area contributed by atoms with Crippen molar-refractivity contribution in [1.29, 1.82) is 0 Å². The molecule has 0 bridgehead atoms. The van der Waals surface area contributed by atoms with Crippen molar-refractivity contribution in [3.8, 4) is 17.4 Å². The van der Waals surface area contributed by atoms with Gasteiger partial charge in [0.05, 0.1) is 20.1 Å². The molecular weight excluding hydrogens is 286 g/mol. The Morgan fingerprint density at radius 1 is 1.36 bits per heavy atom. The Morgan fingerprint density at radius 2 is 2.14 bits per heavy atom. The molecule has 0 radical (unpaired) electrons. The van der Waals surface area contributed by atoms with E-state index in [9.17, 15) is 4.79 Å². The van der Waals surface area contributed by atoms with Gasteiger partial charge in [-0.15, -0.1) is 0 Å². The van der Waals surface area contributed by atoms with Gasteiger partial charge in [-0.05, 0) is 5.92 Å². The van der Waals surface area contributed by atoms with Crippen molar-refractivity contribution in [2.75, 3.05) is 27.4 Å². The third-order valence-corrected chi connectivity index (χ3v) is 3.54. The van der Waals surface area contributed by atoms with Gasteiger partial charge in [-0.1, -0.05) is 13.8 Å². The second-order valence-corrected chi connectivity index (χ2v) is 5.56. The van der Waals surface area contributed by atoms with E-state index in [1.807, 2.05) is 13.8 Å². The Morgan fingerprint density at radius 3 is 2.77 bits per heavy atom. The van der Waals surface area contributed by atoms with Crippen molar-refractivity contribution in [2.24, 2.45) is 5.92 Å². The molecule has 1 aromatic rings. The molecule has 0 fully saturated rings. The minimum absolute atomic E-state index is 0.0239. The Hall–Kier alpha value is -1.82. The van der Waals surface area contributed by atoms with E-state index in [-0.39, 0.29) is 17.8 Å². The van der Waals surface area contributed by atoms with Crippen LogP contribution in [0, 0.1) is 5.92 Å². The molecule has 0 saturated carbocycles. The minimum Gasteiger partial charge on any atom is -0.488 e. The number of carbonyl (C=O) groups is 1. The molecule has 0 spiro atoms. The van der Waals surface area contributed by atoms with Crippen LogP contribution in [0.1, 0.15) is 37.2 Å². The molecule has 1 aromatic heterocycles. The zero-order valence-electron chi connectivity index (χ0n) is 13.5. The summed E-state index contributed by atoms with van der Waals surface area (Å²) in [6.45, 7) is 5.15. The maximum absolute atomic E-state index is 12.2. The van der Waals surface area contributed by atoms with Crippen molar-refractivity contribution in [3.05, 3.63) is 11.8 Å². The van der Waals surface area contributed by atoms with E-state index in [0.29, 0.717) is 42.7 Å². The monoisotopic (exact) mass is 309 g/mol. The lowest BCUT2D eigenvalue weighted by atomic mass is 9.97. The zero-order chi connectivity index (χ0) is 16.1. The topological polar surface area (TPSA) is 66.9 Å². The number of Topliss-reactive ketones (excluding diaryl/α,β-unsaturated/α-hetero) is 1. The number of methoxy groups -OCH3 is 2. The van der Waals surface area contributed by atoms with Gasteiger partial charge in [-0.2, -0.15) is 0 Å². The molecule has 6 heteroatoms. The average Bonchev–Trinajstić information content (AvgIpc) is 2.50. The Bertz CT molecular complexity index is 530. The lowest BCUT2D eigenvalue weighted by molar-refractivity contribution is 0.0758. The summed E-state index contributed by atoms with van der Waals surface area (Å²) >= 11 is 0. The molecule has 22 heavy (non-hydrogen) atoms. The minimum atomic E-state index is -0.128. The fourth-order valence-electron chi connectivity index (χ4n) is 2.24. The summed E-state index contributed by atoms with van der Waals surface area (Å²) in [7, 11) is 3.15. The second kappa shape index (κ2) is 7.45. The van der Waals surface area contributed by atoms with Crippen LogP contribution in [0.5, 0.6) is 17.4 Å². The quantitative estimate of drug-likeness (QED) is 0.721. The smallest absolute Gasteiger partial charge is 0.257 e. The molecule has 2 heterocycles. The highest BCUT2D eigenvalue weighted by atomic mass is 16.5. The average molecular weight is 309 g/mol. The van der Waals surface area contributed by atoms with Crippen LogP contribution in [0.2, 0.25) is 0 Å². The molecular formula is C16H23NO5. The largest absolute Gasteiger partial charge is 0.488 e. The summed E-state index contributed by atoms with van der Waals surface area (Å²) in [6.07, 6.45) is 0.969. The van der Waals surface area contributed by atoms with E-state index in [2.05, 4.69) is 4.98 Å². The van der Waals surface area contributed by atoms with Gasteiger partial charge in [-0.3, -0.25) is 4.79 Å². The maximum Gasteiger partial charge on any atom is 0.257 e. The first-order valence-electron chi connectivity index (χ1n) is 7.47. The Kier molecular flexibility index (Phi) is 5.60. The lowest BCUT2D eigenvalue weighted by Crippen LogP contribution is -2.32. The normalized spacial score (nSPS) is 17.1. The molecule has 0 saturated heterocycles. The Balaban J connectivity index is 2.21. The number of rotatable bonds is 7. The molecule has 6 nitrogen and oxygen atoms in total. The van der Waals surface area contributed by atoms with Crippen LogP contribution in [-0.4, -0.2) is 44.3 Å². The summed E-state index contributed by atoms with van der Waals surface area (Å²) in [4.78, 5) is 16.5. The number of fused-ring (bicyclic) bond motifs is 1. The molecule has 0 aromatic carbocycles. The summed E-state index contributed by atoms with van der Waals surface area (Å²) in [5.74, 6) is 1.48. The third-order valence-electron chi connectivity index (χ3n) is 3.54. The first-order valence-corrected chi connectivity index (χ1v) is 7.47. The number of hydrogen-bond acceptors (Lipinski definition) is 6. The Labute approximate surface area is 130 Å². The van der Waals surface area contributed by atoms with E-state index in [0.717, 1.165) is 6.42 Å². The molecule has 1 aliphatic rings. The van der Waals surface area contributed by atoms with Crippen molar-refractivity contribution in [3.63, 3.8) is 0 Å². The van der Waals surface area contributed by atoms with Crippen LogP contribution in [0.4, 0.5) is 0 Å². The molecule has 0 N–H and O–H groups in total. The molecule has 1 atom stereocenters. The highest BCUT2D eigenvalue weighted by Crippen LogP contribution is 2.36. The van der Waals surface area contributed by atoms with Gasteiger partial charge in [0.1, 0.15) is 6.10 Å². The predicted octanol–water partition coefficient (Wildman–Crippen LogP) is 2.50. The number of carbonyl (C=O) groups excluding carboxylic acids is 1. The number of pyridine rings is 1. The van der Waals surface area contributed by atoms with Gasteiger partial charge < -0.3 is 18.9 Å². The maximum atomic E-state index is 12.2. The number of ketones is 1. The summed E-state index contributed by atoms with van der Waals surface area (Å²) in [5, 5.41) is 0. The van der Waals surface area contributed by atoms with Gasteiger partial charge in [0, 0.05) is 26.2 Å². The van der Waals surface area contributed by atoms with Gasteiger partial charge in [0.2, 0.25) is 0 Å². The standard InChI is InChI=1S/C16H23NO5/c1-10(2)12-8-11(18)15-13(22-12)9-14(16(17-15)20-4)21-7-5-6-19-3/h9-10,12H,5-8H2,1-4H3/t12-/m1/s1. The van der Waals surface area contributed by atoms with Crippen LogP contribution in [0.3, 0.4) is 0 Å². The predicted molar refractivity (Wildman–Crippen MR) is 81.0 cm³/mol. The van der Waals surface area contributed by atoms with E-state index in [1.165, 1.54) is 7.11 Å². The van der Waals surface area contributed by atoms with Gasteiger partial charge >= 0.3 is 0 Å².